The van der Waals surface area contributed by atoms with E-state index >= 15 is 0 Å². The molecular formula is C13H11Br2NO2. The van der Waals surface area contributed by atoms with E-state index in [9.17, 15) is 10.2 Å². The third-order valence-corrected chi connectivity index (χ3v) is 3.45. The van der Waals surface area contributed by atoms with Gasteiger partial charge in [0.05, 0.1) is 0 Å². The molecular weight excluding hydrogens is 362 g/mol. The molecule has 0 bridgehead atoms. The lowest BCUT2D eigenvalue weighted by molar-refractivity contribution is 0.203. The highest BCUT2D eigenvalue weighted by molar-refractivity contribution is 9.10. The standard InChI is InChI=1S/C13H11Br2NO2/c14-8-1-4-10(5-2-8)16-13(18)11-7-9(15)3-6-12(11)17/h1-7,13,16-18H. The van der Waals surface area contributed by atoms with Gasteiger partial charge in [0, 0.05) is 20.2 Å². The molecule has 18 heavy (non-hydrogen) atoms. The highest BCUT2D eigenvalue weighted by Crippen LogP contribution is 2.28. The van der Waals surface area contributed by atoms with Gasteiger partial charge < -0.3 is 15.5 Å². The fourth-order valence-electron chi connectivity index (χ4n) is 1.53. The highest BCUT2D eigenvalue weighted by Gasteiger charge is 2.12. The minimum Gasteiger partial charge on any atom is -0.507 e. The van der Waals surface area contributed by atoms with Crippen LogP contribution in [0, 0.1) is 0 Å². The van der Waals surface area contributed by atoms with Crippen molar-refractivity contribution in [2.24, 2.45) is 0 Å². The lowest BCUT2D eigenvalue weighted by Crippen LogP contribution is -2.09. The second kappa shape index (κ2) is 5.73. The average Bonchev–Trinajstić information content (AvgIpc) is 2.35. The van der Waals surface area contributed by atoms with E-state index in [1.54, 1.807) is 12.1 Å². The Morgan fingerprint density at radius 1 is 0.944 bits per heavy atom. The van der Waals surface area contributed by atoms with Crippen LogP contribution in [0.5, 0.6) is 5.75 Å². The maximum atomic E-state index is 10.0. The zero-order valence-electron chi connectivity index (χ0n) is 9.27. The normalized spacial score (nSPS) is 12.2. The van der Waals surface area contributed by atoms with Crippen LogP contribution in [0.25, 0.3) is 0 Å². The molecule has 2 aromatic rings. The van der Waals surface area contributed by atoms with Crippen LogP contribution in [0.15, 0.2) is 51.4 Å². The van der Waals surface area contributed by atoms with E-state index < -0.39 is 6.23 Å². The second-order valence-corrected chi connectivity index (χ2v) is 5.59. The van der Waals surface area contributed by atoms with Crippen molar-refractivity contribution in [2.75, 3.05) is 5.32 Å². The van der Waals surface area contributed by atoms with Crippen molar-refractivity contribution >= 4 is 37.5 Å². The lowest BCUT2D eigenvalue weighted by Gasteiger charge is -2.16. The van der Waals surface area contributed by atoms with E-state index in [1.165, 1.54) is 6.07 Å². The number of benzene rings is 2. The van der Waals surface area contributed by atoms with Gasteiger partial charge in [-0.05, 0) is 42.5 Å². The van der Waals surface area contributed by atoms with Crippen LogP contribution >= 0.6 is 31.9 Å². The summed E-state index contributed by atoms with van der Waals surface area (Å²) in [7, 11) is 0. The van der Waals surface area contributed by atoms with Gasteiger partial charge in [-0.25, -0.2) is 0 Å². The van der Waals surface area contributed by atoms with Gasteiger partial charge in [-0.3, -0.25) is 0 Å². The van der Waals surface area contributed by atoms with E-state index in [2.05, 4.69) is 37.2 Å². The number of hydrogen-bond donors (Lipinski definition) is 3. The first-order chi connectivity index (χ1) is 8.56. The lowest BCUT2D eigenvalue weighted by atomic mass is 10.1. The molecule has 5 heteroatoms. The summed E-state index contributed by atoms with van der Waals surface area (Å²) < 4.78 is 1.76. The van der Waals surface area contributed by atoms with Crippen LogP contribution in [-0.2, 0) is 0 Å². The number of aliphatic hydroxyl groups is 1. The van der Waals surface area contributed by atoms with Crippen LogP contribution in [0.1, 0.15) is 11.8 Å². The molecule has 0 saturated carbocycles. The van der Waals surface area contributed by atoms with E-state index in [0.29, 0.717) is 5.56 Å². The molecule has 0 spiro atoms. The van der Waals surface area contributed by atoms with Crippen LogP contribution in [0.2, 0.25) is 0 Å². The van der Waals surface area contributed by atoms with Gasteiger partial charge in [-0.2, -0.15) is 0 Å². The molecule has 94 valence electrons. The van der Waals surface area contributed by atoms with Gasteiger partial charge in [0.15, 0.2) is 6.23 Å². The van der Waals surface area contributed by atoms with Crippen LogP contribution in [-0.4, -0.2) is 10.2 Å². The van der Waals surface area contributed by atoms with Gasteiger partial charge in [-0.1, -0.05) is 31.9 Å². The molecule has 0 heterocycles. The number of aromatic hydroxyl groups is 1. The number of phenolic OH excluding ortho intramolecular Hbond substituents is 1. The summed E-state index contributed by atoms with van der Waals surface area (Å²) in [6.45, 7) is 0. The van der Waals surface area contributed by atoms with Crippen molar-refractivity contribution in [3.8, 4) is 5.75 Å². The van der Waals surface area contributed by atoms with Gasteiger partial charge in [0.2, 0.25) is 0 Å². The number of hydrogen-bond acceptors (Lipinski definition) is 3. The van der Waals surface area contributed by atoms with Crippen molar-refractivity contribution in [3.63, 3.8) is 0 Å². The molecule has 0 aliphatic carbocycles. The third-order valence-electron chi connectivity index (χ3n) is 2.43. The molecule has 2 aromatic carbocycles. The maximum Gasteiger partial charge on any atom is 0.154 e. The number of aliphatic hydroxyl groups excluding tert-OH is 1. The first kappa shape index (κ1) is 13.4. The number of nitrogens with one attached hydrogen (secondary N) is 1. The van der Waals surface area contributed by atoms with Crippen LogP contribution in [0.3, 0.4) is 0 Å². The first-order valence-electron chi connectivity index (χ1n) is 5.25. The molecule has 0 radical (unpaired) electrons. The number of rotatable bonds is 3. The van der Waals surface area contributed by atoms with Gasteiger partial charge in [-0.15, -0.1) is 0 Å². The number of halogens is 2. The van der Waals surface area contributed by atoms with Gasteiger partial charge in [0.25, 0.3) is 0 Å². The number of phenols is 1. The Hall–Kier alpha value is -1.04. The minimum absolute atomic E-state index is 0.0512. The predicted molar refractivity (Wildman–Crippen MR) is 78.5 cm³/mol. The topological polar surface area (TPSA) is 52.5 Å². The molecule has 0 saturated heterocycles. The Balaban J connectivity index is 2.18. The molecule has 0 fully saturated rings. The largest absolute Gasteiger partial charge is 0.507 e. The average molecular weight is 373 g/mol. The van der Waals surface area contributed by atoms with Crippen molar-refractivity contribution in [3.05, 3.63) is 57.0 Å². The molecule has 0 aliphatic heterocycles. The Labute approximate surface area is 122 Å². The zero-order valence-corrected chi connectivity index (χ0v) is 12.4. The van der Waals surface area contributed by atoms with E-state index in [-0.39, 0.29) is 5.75 Å². The Bertz CT molecular complexity index is 543. The van der Waals surface area contributed by atoms with E-state index in [0.717, 1.165) is 14.6 Å². The fraction of sp³-hybridized carbons (Fsp3) is 0.0769. The summed E-state index contributed by atoms with van der Waals surface area (Å²) in [5.74, 6) is 0.0512. The summed E-state index contributed by atoms with van der Waals surface area (Å²) in [4.78, 5) is 0. The van der Waals surface area contributed by atoms with Crippen molar-refractivity contribution in [1.82, 2.24) is 0 Å². The summed E-state index contributed by atoms with van der Waals surface area (Å²) >= 11 is 6.64. The Morgan fingerprint density at radius 3 is 2.22 bits per heavy atom. The maximum absolute atomic E-state index is 10.0. The smallest absolute Gasteiger partial charge is 0.154 e. The van der Waals surface area contributed by atoms with Crippen LogP contribution in [0.4, 0.5) is 5.69 Å². The van der Waals surface area contributed by atoms with Crippen molar-refractivity contribution in [2.45, 2.75) is 6.23 Å². The van der Waals surface area contributed by atoms with Gasteiger partial charge in [0.1, 0.15) is 5.75 Å². The summed E-state index contributed by atoms with van der Waals surface area (Å²) in [6, 6.07) is 12.3. The predicted octanol–water partition coefficient (Wildman–Crippen LogP) is 4.02. The number of anilines is 1. The molecule has 1 unspecified atom stereocenters. The SMILES string of the molecule is Oc1ccc(Br)cc1C(O)Nc1ccc(Br)cc1. The molecule has 2 rings (SSSR count). The van der Waals surface area contributed by atoms with Crippen molar-refractivity contribution in [1.29, 1.82) is 0 Å². The molecule has 3 nitrogen and oxygen atoms in total. The van der Waals surface area contributed by atoms with Crippen LogP contribution < -0.4 is 5.32 Å². The minimum atomic E-state index is -0.969. The molecule has 0 amide bonds. The van der Waals surface area contributed by atoms with Crippen molar-refractivity contribution < 1.29 is 10.2 Å². The zero-order chi connectivity index (χ0) is 13.1. The van der Waals surface area contributed by atoms with E-state index in [1.807, 2.05) is 24.3 Å². The highest BCUT2D eigenvalue weighted by atomic mass is 79.9. The Morgan fingerprint density at radius 2 is 1.56 bits per heavy atom. The molecule has 0 aromatic heterocycles. The molecule has 3 N–H and O–H groups in total. The monoisotopic (exact) mass is 371 g/mol. The fourth-order valence-corrected chi connectivity index (χ4v) is 2.17. The summed E-state index contributed by atoms with van der Waals surface area (Å²) in [5, 5.41) is 22.7. The summed E-state index contributed by atoms with van der Waals surface area (Å²) in [6.07, 6.45) is -0.969. The van der Waals surface area contributed by atoms with Gasteiger partial charge >= 0.3 is 0 Å². The third kappa shape index (κ3) is 3.25. The molecule has 1 atom stereocenters. The van der Waals surface area contributed by atoms with E-state index in [4.69, 9.17) is 0 Å². The molecule has 0 aliphatic rings. The quantitative estimate of drug-likeness (QED) is 0.713. The Kier molecular flexibility index (Phi) is 4.27. The summed E-state index contributed by atoms with van der Waals surface area (Å²) in [5.41, 5.74) is 1.19. The second-order valence-electron chi connectivity index (χ2n) is 3.76. The first-order valence-corrected chi connectivity index (χ1v) is 6.83.